The van der Waals surface area contributed by atoms with Crippen molar-refractivity contribution in [2.45, 2.75) is 13.1 Å². The van der Waals surface area contributed by atoms with E-state index in [-0.39, 0.29) is 5.56 Å². The van der Waals surface area contributed by atoms with E-state index < -0.39 is 0 Å². The monoisotopic (exact) mass is 408 g/mol. The number of hydrogen-bond acceptors (Lipinski definition) is 8. The van der Waals surface area contributed by atoms with Gasteiger partial charge >= 0.3 is 0 Å². The van der Waals surface area contributed by atoms with E-state index in [4.69, 9.17) is 4.52 Å². The van der Waals surface area contributed by atoms with Gasteiger partial charge in [-0.15, -0.1) is 11.3 Å². The molecule has 1 fully saturated rings. The van der Waals surface area contributed by atoms with Gasteiger partial charge in [0.25, 0.3) is 11.4 Å². The van der Waals surface area contributed by atoms with Crippen molar-refractivity contribution in [3.05, 3.63) is 69.8 Å². The molecule has 0 amide bonds. The largest absolute Gasteiger partial charge is 0.334 e. The van der Waals surface area contributed by atoms with Gasteiger partial charge in [-0.05, 0) is 12.1 Å². The first kappa shape index (κ1) is 18.2. The summed E-state index contributed by atoms with van der Waals surface area (Å²) in [7, 11) is 0. The maximum Gasteiger partial charge on any atom is 0.258 e. The lowest BCUT2D eigenvalue weighted by molar-refractivity contribution is 0.118. The molecule has 0 atom stereocenters. The number of nitrogens with zero attached hydrogens (tertiary/aromatic N) is 6. The van der Waals surface area contributed by atoms with Crippen molar-refractivity contribution in [1.29, 1.82) is 0 Å². The molecule has 0 spiro atoms. The third-order valence-corrected chi connectivity index (χ3v) is 5.82. The van der Waals surface area contributed by atoms with Crippen LogP contribution in [0.15, 0.2) is 57.3 Å². The average Bonchev–Trinajstić information content (AvgIpc) is 3.40. The number of benzene rings is 1. The predicted molar refractivity (Wildman–Crippen MR) is 110 cm³/mol. The molecule has 0 unspecified atom stereocenters. The summed E-state index contributed by atoms with van der Waals surface area (Å²) >= 11 is 1.48. The van der Waals surface area contributed by atoms with Crippen molar-refractivity contribution in [1.82, 2.24) is 29.3 Å². The molecule has 1 aliphatic heterocycles. The fraction of sp³-hybridized carbons (Fsp3) is 0.300. The topological polar surface area (TPSA) is 79.8 Å². The van der Waals surface area contributed by atoms with Gasteiger partial charge < -0.3 is 4.52 Å². The van der Waals surface area contributed by atoms with E-state index in [0.717, 1.165) is 42.4 Å². The summed E-state index contributed by atoms with van der Waals surface area (Å²) < 4.78 is 6.98. The Morgan fingerprint density at radius 2 is 1.76 bits per heavy atom. The van der Waals surface area contributed by atoms with Crippen LogP contribution in [-0.2, 0) is 13.1 Å². The Labute approximate surface area is 171 Å². The lowest BCUT2D eigenvalue weighted by Gasteiger charge is -2.33. The number of thiazole rings is 1. The maximum atomic E-state index is 12.1. The third-order valence-electron chi connectivity index (χ3n) is 5.06. The summed E-state index contributed by atoms with van der Waals surface area (Å²) in [6.07, 6.45) is 1.76. The number of hydrogen-bond donors (Lipinski definition) is 0. The summed E-state index contributed by atoms with van der Waals surface area (Å²) in [5, 5.41) is 6.00. The fourth-order valence-corrected chi connectivity index (χ4v) is 4.26. The molecule has 9 heteroatoms. The summed E-state index contributed by atoms with van der Waals surface area (Å²) in [6, 6.07) is 11.4. The van der Waals surface area contributed by atoms with Crippen molar-refractivity contribution in [3.63, 3.8) is 0 Å². The van der Waals surface area contributed by atoms with Crippen LogP contribution in [0, 0.1) is 0 Å². The summed E-state index contributed by atoms with van der Waals surface area (Å²) in [4.78, 5) is 26.7. The number of aromatic nitrogens is 4. The van der Waals surface area contributed by atoms with Gasteiger partial charge in [-0.1, -0.05) is 23.4 Å². The first-order valence-electron chi connectivity index (χ1n) is 9.53. The van der Waals surface area contributed by atoms with Gasteiger partial charge in [0.15, 0.2) is 10.8 Å². The summed E-state index contributed by atoms with van der Waals surface area (Å²) in [5.41, 5.74) is 1.75. The maximum absolute atomic E-state index is 12.1. The zero-order valence-corrected chi connectivity index (χ0v) is 16.6. The first-order chi connectivity index (χ1) is 14.2. The normalized spacial score (nSPS) is 15.9. The Bertz CT molecular complexity index is 1160. The molecule has 0 radical (unpaired) electrons. The number of rotatable bonds is 5. The van der Waals surface area contributed by atoms with E-state index in [1.165, 1.54) is 11.3 Å². The quantitative estimate of drug-likeness (QED) is 0.500. The Kier molecular flexibility index (Phi) is 4.92. The second-order valence-corrected chi connectivity index (χ2v) is 7.95. The standard InChI is InChI=1S/C20H20N6O2S/c27-18-12-16(21-20-26(18)10-11-29-20)13-24-6-8-25(9-7-24)14-17-22-19(28-23-17)15-4-2-1-3-5-15/h1-5,10-12H,6-9,13-14H2. The van der Waals surface area contributed by atoms with E-state index in [1.807, 2.05) is 35.7 Å². The van der Waals surface area contributed by atoms with Gasteiger partial charge in [-0.3, -0.25) is 19.0 Å². The molecule has 1 aromatic carbocycles. The minimum Gasteiger partial charge on any atom is -0.334 e. The highest BCUT2D eigenvalue weighted by Gasteiger charge is 2.20. The Morgan fingerprint density at radius 1 is 1.00 bits per heavy atom. The fourth-order valence-electron chi connectivity index (χ4n) is 3.52. The van der Waals surface area contributed by atoms with Crippen molar-refractivity contribution < 1.29 is 4.52 Å². The van der Waals surface area contributed by atoms with Gasteiger partial charge in [0, 0.05) is 55.9 Å². The summed E-state index contributed by atoms with van der Waals surface area (Å²) in [5.74, 6) is 1.26. The molecule has 1 saturated heterocycles. The highest BCUT2D eigenvalue weighted by molar-refractivity contribution is 7.15. The van der Waals surface area contributed by atoms with E-state index in [2.05, 4.69) is 24.9 Å². The van der Waals surface area contributed by atoms with Gasteiger partial charge in [-0.25, -0.2) is 4.98 Å². The second-order valence-electron chi connectivity index (χ2n) is 7.08. The molecule has 4 heterocycles. The first-order valence-corrected chi connectivity index (χ1v) is 10.4. The van der Waals surface area contributed by atoms with E-state index >= 15 is 0 Å². The smallest absolute Gasteiger partial charge is 0.258 e. The van der Waals surface area contributed by atoms with Crippen LogP contribution in [0.2, 0.25) is 0 Å². The molecule has 5 rings (SSSR count). The van der Waals surface area contributed by atoms with Gasteiger partial charge in [0.1, 0.15) is 0 Å². The molecular formula is C20H20N6O2S. The van der Waals surface area contributed by atoms with E-state index in [0.29, 0.717) is 24.8 Å². The average molecular weight is 408 g/mol. The van der Waals surface area contributed by atoms with Crippen LogP contribution in [0.1, 0.15) is 11.5 Å². The molecule has 0 N–H and O–H groups in total. The molecule has 29 heavy (non-hydrogen) atoms. The van der Waals surface area contributed by atoms with Crippen molar-refractivity contribution in [2.24, 2.45) is 0 Å². The van der Waals surface area contributed by atoms with Crippen LogP contribution in [0.5, 0.6) is 0 Å². The number of fused-ring (bicyclic) bond motifs is 1. The molecule has 0 aliphatic carbocycles. The van der Waals surface area contributed by atoms with Gasteiger partial charge in [0.2, 0.25) is 0 Å². The lowest BCUT2D eigenvalue weighted by Crippen LogP contribution is -2.45. The Hall–Kier alpha value is -2.88. The minimum absolute atomic E-state index is 0.0174. The van der Waals surface area contributed by atoms with Crippen LogP contribution >= 0.6 is 11.3 Å². The van der Waals surface area contributed by atoms with Crippen LogP contribution < -0.4 is 5.56 Å². The van der Waals surface area contributed by atoms with Gasteiger partial charge in [-0.2, -0.15) is 4.98 Å². The lowest BCUT2D eigenvalue weighted by atomic mass is 10.2. The molecule has 4 aromatic rings. The zero-order valence-electron chi connectivity index (χ0n) is 15.8. The summed E-state index contributed by atoms with van der Waals surface area (Å²) in [6.45, 7) is 5.01. The molecule has 1 aliphatic rings. The Balaban J connectivity index is 1.17. The van der Waals surface area contributed by atoms with Crippen LogP contribution in [0.3, 0.4) is 0 Å². The molecular weight excluding hydrogens is 388 g/mol. The van der Waals surface area contributed by atoms with Crippen LogP contribution in [0.4, 0.5) is 0 Å². The minimum atomic E-state index is -0.0174. The molecule has 3 aromatic heterocycles. The molecule has 8 nitrogen and oxygen atoms in total. The van der Waals surface area contributed by atoms with E-state index in [1.54, 1.807) is 16.7 Å². The SMILES string of the molecule is O=c1cc(CN2CCN(Cc3noc(-c4ccccc4)n3)CC2)nc2sccn12. The van der Waals surface area contributed by atoms with Crippen LogP contribution in [-0.4, -0.2) is 55.5 Å². The molecule has 148 valence electrons. The van der Waals surface area contributed by atoms with E-state index in [9.17, 15) is 4.79 Å². The third kappa shape index (κ3) is 3.98. The molecule has 0 bridgehead atoms. The second kappa shape index (κ2) is 7.86. The number of piperazine rings is 1. The highest BCUT2D eigenvalue weighted by atomic mass is 32.1. The van der Waals surface area contributed by atoms with Crippen molar-refractivity contribution in [2.75, 3.05) is 26.2 Å². The van der Waals surface area contributed by atoms with Crippen molar-refractivity contribution in [3.8, 4) is 11.5 Å². The molecule has 0 saturated carbocycles. The predicted octanol–water partition coefficient (Wildman–Crippen LogP) is 2.12. The highest BCUT2D eigenvalue weighted by Crippen LogP contribution is 2.17. The van der Waals surface area contributed by atoms with Gasteiger partial charge in [0.05, 0.1) is 12.2 Å². The Morgan fingerprint density at radius 3 is 2.55 bits per heavy atom. The van der Waals surface area contributed by atoms with Crippen LogP contribution in [0.25, 0.3) is 16.4 Å². The van der Waals surface area contributed by atoms with Crippen molar-refractivity contribution >= 4 is 16.3 Å². The zero-order chi connectivity index (χ0) is 19.6.